The predicted molar refractivity (Wildman–Crippen MR) is 302 cm³/mol. The van der Waals surface area contributed by atoms with Gasteiger partial charge < -0.3 is 100.0 Å². The van der Waals surface area contributed by atoms with Gasteiger partial charge in [-0.3, -0.25) is 67.1 Å². The molecule has 11 atom stereocenters. The van der Waals surface area contributed by atoms with Crippen LogP contribution in [-0.2, 0) is 67.1 Å². The first-order valence-electron chi connectivity index (χ1n) is 29.2. The third-order valence-corrected chi connectivity index (χ3v) is 15.3. The van der Waals surface area contributed by atoms with Crippen molar-refractivity contribution in [3.05, 3.63) is 0 Å². The van der Waals surface area contributed by atoms with Gasteiger partial charge in [0.15, 0.2) is 0 Å². The Hall–Kier alpha value is -7.62. The number of nitrogens with two attached hydrogens (primary N) is 3. The van der Waals surface area contributed by atoms with E-state index in [0.29, 0.717) is 57.9 Å². The van der Waals surface area contributed by atoms with Gasteiger partial charge in [-0.05, 0) is 103 Å². The SMILES string of the molecule is CC(C)C[C@H](N)C(=O)N[C@@H](CCCCN)C(=O)N[C@@H](C)C(=O)NCC(=O)NCC(=O)N1CCC[C@H]1C(=O)N[C@@H](CO)C(=O)N[C@@H](CO)C(=O)NCC(=O)N[C@@H](C)C(=O)N1CCC[C@H]1C(=O)N1CCC[C@H]1C(=O)N1CCC[C@H]1C(=O)N[C@@H](CO)C(N)=O. The van der Waals surface area contributed by atoms with Crippen molar-refractivity contribution in [3.63, 3.8) is 0 Å². The molecule has 4 aliphatic heterocycles. The van der Waals surface area contributed by atoms with E-state index in [-0.39, 0.29) is 57.8 Å². The molecule has 0 saturated carbocycles. The number of rotatable bonds is 32. The molecule has 4 rings (SSSR count). The summed E-state index contributed by atoms with van der Waals surface area (Å²) in [5, 5.41) is 50.9. The van der Waals surface area contributed by atoms with Crippen LogP contribution in [0.15, 0.2) is 0 Å². The molecule has 18 N–H and O–H groups in total. The maximum Gasteiger partial charge on any atom is 0.246 e. The first-order valence-corrected chi connectivity index (χ1v) is 29.2. The van der Waals surface area contributed by atoms with Gasteiger partial charge in [0.25, 0.3) is 0 Å². The third-order valence-electron chi connectivity index (χ3n) is 15.3. The lowest BCUT2D eigenvalue weighted by Crippen LogP contribution is -2.59. The van der Waals surface area contributed by atoms with E-state index in [1.165, 1.54) is 28.5 Å². The van der Waals surface area contributed by atoms with Gasteiger partial charge in [0, 0.05) is 26.2 Å². The van der Waals surface area contributed by atoms with E-state index in [1.807, 2.05) is 13.8 Å². The number of aliphatic hydroxyl groups is 3. The largest absolute Gasteiger partial charge is 0.394 e. The highest BCUT2D eigenvalue weighted by molar-refractivity contribution is 5.99. The number of nitrogens with zero attached hydrogens (tertiary/aromatic N) is 4. The fourth-order valence-corrected chi connectivity index (χ4v) is 10.6. The number of amides is 14. The molecule has 14 amide bonds. The van der Waals surface area contributed by atoms with Crippen molar-refractivity contribution >= 4 is 82.7 Å². The van der Waals surface area contributed by atoms with Crippen LogP contribution in [0.5, 0.6) is 0 Å². The molecule has 482 valence electrons. The molecule has 0 bridgehead atoms. The zero-order chi connectivity index (χ0) is 63.9. The summed E-state index contributed by atoms with van der Waals surface area (Å²) in [7, 11) is 0. The van der Waals surface area contributed by atoms with Crippen LogP contribution in [0.3, 0.4) is 0 Å². The highest BCUT2D eigenvalue weighted by Crippen LogP contribution is 2.29. The standard InChI is InChI=1S/C53H88N16O17/c1-28(2)21-31(55)45(78)62-32(11-5-6-16-54)47(80)61-29(3)44(77)58-22-40(73)57-24-42(75)66-17-7-12-36(66)49(82)65-35(27-72)48(81)64-34(26-71)46(79)59-23-41(74)60-30(4)51(84)68-19-9-14-38(68)53(86)69-20-10-15-39(69)52(85)67-18-8-13-37(67)50(83)63-33(25-70)43(56)76/h28-39,70-72H,5-27,54-55H2,1-4H3,(H2,56,76)(H,57,73)(H,58,77)(H,59,79)(H,60,74)(H,61,80)(H,62,78)(H,63,83)(H,64,81)(H,65,82)/t29-,30-,31-,32-,33-,34-,35-,36-,37-,38-,39-/m0/s1. The van der Waals surface area contributed by atoms with Gasteiger partial charge in [-0.25, -0.2) is 0 Å². The van der Waals surface area contributed by atoms with Crippen LogP contribution in [0.4, 0.5) is 0 Å². The lowest BCUT2D eigenvalue weighted by Gasteiger charge is -2.34. The van der Waals surface area contributed by atoms with Crippen molar-refractivity contribution in [2.24, 2.45) is 23.1 Å². The number of nitrogens with one attached hydrogen (secondary N) is 9. The summed E-state index contributed by atoms with van der Waals surface area (Å²) < 4.78 is 0. The van der Waals surface area contributed by atoms with Gasteiger partial charge in [-0.1, -0.05) is 13.8 Å². The Balaban J connectivity index is 1.21. The Morgan fingerprint density at radius 3 is 1.50 bits per heavy atom. The number of likely N-dealkylation sites (tertiary alicyclic amines) is 4. The van der Waals surface area contributed by atoms with E-state index < -0.39 is 189 Å². The molecule has 4 heterocycles. The molecule has 33 nitrogen and oxygen atoms in total. The summed E-state index contributed by atoms with van der Waals surface area (Å²) in [6.45, 7) is 2.82. The van der Waals surface area contributed by atoms with E-state index >= 15 is 0 Å². The fraction of sp³-hybridized carbons (Fsp3) is 0.736. The van der Waals surface area contributed by atoms with Gasteiger partial charge in [0.2, 0.25) is 82.7 Å². The van der Waals surface area contributed by atoms with Gasteiger partial charge in [-0.2, -0.15) is 0 Å². The van der Waals surface area contributed by atoms with E-state index in [2.05, 4.69) is 47.9 Å². The average Bonchev–Trinajstić information content (AvgIpc) is 2.15. The first-order chi connectivity index (χ1) is 40.8. The molecule has 4 fully saturated rings. The van der Waals surface area contributed by atoms with Crippen molar-refractivity contribution in [3.8, 4) is 0 Å². The number of hydrogen-bond acceptors (Lipinski definition) is 19. The van der Waals surface area contributed by atoms with Crippen LogP contribution in [-0.4, -0.2) is 256 Å². The van der Waals surface area contributed by atoms with Crippen molar-refractivity contribution in [1.29, 1.82) is 0 Å². The topological polar surface area (TPSA) is 499 Å². The molecule has 0 aromatic heterocycles. The average molecular weight is 1220 g/mol. The van der Waals surface area contributed by atoms with Crippen LogP contribution in [0.1, 0.15) is 105 Å². The predicted octanol–water partition coefficient (Wildman–Crippen LogP) is -8.79. The maximum absolute atomic E-state index is 14.1. The second-order valence-electron chi connectivity index (χ2n) is 22.3. The van der Waals surface area contributed by atoms with Crippen molar-refractivity contribution in [2.75, 3.05) is 72.2 Å². The molecule has 0 aliphatic carbocycles. The zero-order valence-electron chi connectivity index (χ0n) is 49.3. The molecular formula is C53H88N16O17. The Labute approximate surface area is 497 Å². The van der Waals surface area contributed by atoms with Crippen molar-refractivity contribution in [2.45, 2.75) is 171 Å². The number of unbranched alkanes of at least 4 members (excludes halogenated alkanes) is 1. The monoisotopic (exact) mass is 1220 g/mol. The van der Waals surface area contributed by atoms with E-state index in [4.69, 9.17) is 17.2 Å². The van der Waals surface area contributed by atoms with E-state index in [9.17, 15) is 82.4 Å². The summed E-state index contributed by atoms with van der Waals surface area (Å²) in [6, 6.07) is -13.0. The smallest absolute Gasteiger partial charge is 0.246 e. The number of carbonyl (C=O) groups is 14. The number of primary amides is 1. The maximum atomic E-state index is 14.1. The molecule has 0 unspecified atom stereocenters. The van der Waals surface area contributed by atoms with E-state index in [1.54, 1.807) is 0 Å². The van der Waals surface area contributed by atoms with Gasteiger partial charge >= 0.3 is 0 Å². The number of hydrogen-bond donors (Lipinski definition) is 15. The quantitative estimate of drug-likeness (QED) is 0.0278. The first kappa shape index (κ1) is 70.9. The molecule has 0 spiro atoms. The van der Waals surface area contributed by atoms with E-state index in [0.717, 1.165) is 4.90 Å². The van der Waals surface area contributed by atoms with Gasteiger partial charge in [0.05, 0.1) is 45.5 Å². The molecule has 33 heteroatoms. The van der Waals surface area contributed by atoms with Crippen molar-refractivity contribution < 1.29 is 82.4 Å². The molecule has 0 aromatic rings. The minimum Gasteiger partial charge on any atom is -0.394 e. The van der Waals surface area contributed by atoms with Gasteiger partial charge in [-0.15, -0.1) is 0 Å². The van der Waals surface area contributed by atoms with Crippen LogP contribution >= 0.6 is 0 Å². The summed E-state index contributed by atoms with van der Waals surface area (Å²) in [4.78, 5) is 189. The molecule has 86 heavy (non-hydrogen) atoms. The minimum absolute atomic E-state index is 0.0739. The van der Waals surface area contributed by atoms with Crippen molar-refractivity contribution in [1.82, 2.24) is 67.5 Å². The molecule has 4 saturated heterocycles. The highest BCUT2D eigenvalue weighted by atomic mass is 16.3. The summed E-state index contributed by atoms with van der Waals surface area (Å²) in [5.74, 6) is -10.5. The molecule has 0 radical (unpaired) electrons. The summed E-state index contributed by atoms with van der Waals surface area (Å²) in [6.07, 6.45) is 4.37. The number of carbonyl (C=O) groups excluding carboxylic acids is 14. The molecular weight excluding hydrogens is 1130 g/mol. The molecule has 0 aromatic carbocycles. The van der Waals surface area contributed by atoms with Crippen LogP contribution in [0.25, 0.3) is 0 Å². The van der Waals surface area contributed by atoms with Gasteiger partial charge in [0.1, 0.15) is 60.4 Å². The second-order valence-corrected chi connectivity index (χ2v) is 22.3. The lowest BCUT2D eigenvalue weighted by molar-refractivity contribution is -0.151. The zero-order valence-corrected chi connectivity index (χ0v) is 49.3. The fourth-order valence-electron chi connectivity index (χ4n) is 10.6. The Morgan fingerprint density at radius 1 is 0.477 bits per heavy atom. The summed E-state index contributed by atoms with van der Waals surface area (Å²) >= 11 is 0. The highest BCUT2D eigenvalue weighted by Gasteiger charge is 2.47. The lowest BCUT2D eigenvalue weighted by atomic mass is 10.0. The second kappa shape index (κ2) is 34.5. The Kier molecular flexibility index (Phi) is 28.4. The van der Waals surface area contributed by atoms with Crippen LogP contribution < -0.4 is 65.1 Å². The third kappa shape index (κ3) is 20.3. The Bertz CT molecular complexity index is 2470. The molecule has 4 aliphatic rings. The number of aliphatic hydroxyl groups excluding tert-OH is 3. The summed E-state index contributed by atoms with van der Waals surface area (Å²) in [5.41, 5.74) is 16.8. The Morgan fingerprint density at radius 2 is 0.942 bits per heavy atom. The normalized spacial score (nSPS) is 20.7. The van der Waals surface area contributed by atoms with Crippen LogP contribution in [0, 0.1) is 5.92 Å². The van der Waals surface area contributed by atoms with Crippen LogP contribution in [0.2, 0.25) is 0 Å². The minimum atomic E-state index is -1.71.